The molecule has 4 heteroatoms. The lowest BCUT2D eigenvalue weighted by Gasteiger charge is -2.74. The number of rotatable bonds is 24. The second-order valence-electron chi connectivity index (χ2n) is 23.2. The van der Waals surface area contributed by atoms with Crippen molar-refractivity contribution in [3.8, 4) is 0 Å². The normalized spacial score (nSPS) is 39.0. The van der Waals surface area contributed by atoms with Crippen molar-refractivity contribution >= 4 is 5.97 Å². The lowest BCUT2D eigenvalue weighted by atomic mass is 9.31. The number of unbranched alkanes of at least 4 members (excludes halogenated alkanes) is 20. The second kappa shape index (κ2) is 21.0. The highest BCUT2D eigenvalue weighted by atomic mass is 16.5. The third kappa shape index (κ3) is 9.99. The standard InChI is InChI=1S/C54H96O4/c1-10-11-12-13-14-15-16-17-18-19-20-21-22-23-24-25-26-27-28-29-30-31-48(57)58-47-35-37-52(7)43-33-32-42-49-41(40(2)3)34-36-51(49,6)39-46(56)53(42,8)54(43,9)45(55)38-44(52)50(47,4)5/h41-47,49,55-56H,2,10-39H2,1,3-9H3/t41-,42+,43+,44-,45-,46-,47-,49+,51+,52+,53-,54-/m0/s1. The molecule has 336 valence electrons. The third-order valence-corrected chi connectivity index (χ3v) is 19.3. The lowest BCUT2D eigenvalue weighted by molar-refractivity contribution is -0.306. The van der Waals surface area contributed by atoms with Gasteiger partial charge in [-0.25, -0.2) is 0 Å². The van der Waals surface area contributed by atoms with Crippen LogP contribution in [0.3, 0.4) is 0 Å². The van der Waals surface area contributed by atoms with Crippen LogP contribution in [0, 0.1) is 56.7 Å². The highest BCUT2D eigenvalue weighted by Crippen LogP contribution is 2.77. The highest BCUT2D eigenvalue weighted by Gasteiger charge is 2.75. The van der Waals surface area contributed by atoms with E-state index < -0.39 is 12.2 Å². The minimum absolute atomic E-state index is 0.0225. The Labute approximate surface area is 359 Å². The summed E-state index contributed by atoms with van der Waals surface area (Å²) in [6.07, 6.45) is 36.3. The Kier molecular flexibility index (Phi) is 17.4. The largest absolute Gasteiger partial charge is 0.462 e. The van der Waals surface area contributed by atoms with Gasteiger partial charge in [-0.2, -0.15) is 0 Å². The lowest BCUT2D eigenvalue weighted by Crippen LogP contribution is -2.73. The number of allylic oxidation sites excluding steroid dienone is 1. The van der Waals surface area contributed by atoms with Gasteiger partial charge in [0.1, 0.15) is 6.10 Å². The van der Waals surface area contributed by atoms with Crippen LogP contribution in [0.2, 0.25) is 0 Å². The van der Waals surface area contributed by atoms with Crippen LogP contribution in [0.4, 0.5) is 0 Å². The van der Waals surface area contributed by atoms with Crippen LogP contribution < -0.4 is 0 Å². The Morgan fingerprint density at radius 1 is 0.621 bits per heavy atom. The van der Waals surface area contributed by atoms with E-state index in [1.54, 1.807) is 0 Å². The molecule has 5 rings (SSSR count). The van der Waals surface area contributed by atoms with Gasteiger partial charge < -0.3 is 14.9 Å². The zero-order chi connectivity index (χ0) is 42.2. The first-order chi connectivity index (χ1) is 27.6. The van der Waals surface area contributed by atoms with Crippen molar-refractivity contribution in [1.82, 2.24) is 0 Å². The average molecular weight is 809 g/mol. The van der Waals surface area contributed by atoms with Crippen LogP contribution in [0.15, 0.2) is 12.2 Å². The Bertz CT molecular complexity index is 1290. The van der Waals surface area contributed by atoms with Crippen LogP contribution >= 0.6 is 0 Å². The summed E-state index contributed by atoms with van der Waals surface area (Å²) >= 11 is 0. The third-order valence-electron chi connectivity index (χ3n) is 19.3. The van der Waals surface area contributed by atoms with E-state index in [2.05, 4.69) is 62.0 Å². The van der Waals surface area contributed by atoms with Gasteiger partial charge in [0.25, 0.3) is 0 Å². The molecule has 12 atom stereocenters. The summed E-state index contributed by atoms with van der Waals surface area (Å²) in [7, 11) is 0. The molecular formula is C54H96O4. The number of aliphatic hydroxyl groups excluding tert-OH is 2. The zero-order valence-electron chi connectivity index (χ0n) is 39.8. The topological polar surface area (TPSA) is 66.8 Å². The molecule has 0 bridgehead atoms. The van der Waals surface area contributed by atoms with Crippen LogP contribution in [0.5, 0.6) is 0 Å². The van der Waals surface area contributed by atoms with Crippen molar-refractivity contribution in [2.45, 2.75) is 266 Å². The molecule has 0 aromatic carbocycles. The van der Waals surface area contributed by atoms with E-state index in [1.807, 2.05) is 0 Å². The molecule has 2 N–H and O–H groups in total. The summed E-state index contributed by atoms with van der Waals surface area (Å²) in [5.41, 5.74) is 0.574. The molecule has 0 spiro atoms. The molecule has 0 heterocycles. The highest BCUT2D eigenvalue weighted by molar-refractivity contribution is 5.69. The first kappa shape index (κ1) is 48.2. The van der Waals surface area contributed by atoms with Crippen molar-refractivity contribution in [3.05, 3.63) is 12.2 Å². The minimum Gasteiger partial charge on any atom is -0.462 e. The molecule has 0 aromatic rings. The van der Waals surface area contributed by atoms with Crippen molar-refractivity contribution in [1.29, 1.82) is 0 Å². The van der Waals surface area contributed by atoms with E-state index in [9.17, 15) is 15.0 Å². The van der Waals surface area contributed by atoms with Gasteiger partial charge in [0.05, 0.1) is 12.2 Å². The van der Waals surface area contributed by atoms with Gasteiger partial charge in [0.15, 0.2) is 0 Å². The van der Waals surface area contributed by atoms with Crippen LogP contribution in [-0.4, -0.2) is 34.5 Å². The first-order valence-electron chi connectivity index (χ1n) is 25.8. The van der Waals surface area contributed by atoms with E-state index in [4.69, 9.17) is 4.74 Å². The number of carbonyl (C=O) groups excluding carboxylic acids is 1. The number of carbonyl (C=O) groups is 1. The van der Waals surface area contributed by atoms with E-state index >= 15 is 0 Å². The van der Waals surface area contributed by atoms with Gasteiger partial charge >= 0.3 is 5.97 Å². The summed E-state index contributed by atoms with van der Waals surface area (Å²) in [6, 6.07) is 0. The Morgan fingerprint density at radius 3 is 1.62 bits per heavy atom. The Morgan fingerprint density at radius 2 is 1.12 bits per heavy atom. The van der Waals surface area contributed by atoms with Crippen molar-refractivity contribution < 1.29 is 19.7 Å². The molecular weight excluding hydrogens is 713 g/mol. The Hall–Kier alpha value is -0.870. The monoisotopic (exact) mass is 809 g/mol. The summed E-state index contributed by atoms with van der Waals surface area (Å²) in [4.78, 5) is 13.3. The fourth-order valence-electron chi connectivity index (χ4n) is 15.7. The molecule has 5 aliphatic carbocycles. The molecule has 0 aromatic heterocycles. The van der Waals surface area contributed by atoms with Crippen molar-refractivity contribution in [3.63, 3.8) is 0 Å². The fraction of sp³-hybridized carbons (Fsp3) is 0.944. The van der Waals surface area contributed by atoms with Gasteiger partial charge in [-0.1, -0.05) is 189 Å². The predicted octanol–water partition coefficient (Wildman–Crippen LogP) is 15.1. The summed E-state index contributed by atoms with van der Waals surface area (Å²) in [5, 5.41) is 24.8. The predicted molar refractivity (Wildman–Crippen MR) is 245 cm³/mol. The first-order valence-corrected chi connectivity index (χ1v) is 25.8. The summed E-state index contributed by atoms with van der Waals surface area (Å²) in [6.45, 7) is 23.4. The van der Waals surface area contributed by atoms with Gasteiger partial charge in [-0.15, -0.1) is 0 Å². The number of aliphatic hydroxyl groups is 2. The number of hydrogen-bond acceptors (Lipinski definition) is 4. The minimum atomic E-state index is -0.486. The van der Waals surface area contributed by atoms with E-state index in [0.29, 0.717) is 30.1 Å². The van der Waals surface area contributed by atoms with Crippen LogP contribution in [-0.2, 0) is 9.53 Å². The molecule has 0 radical (unpaired) electrons. The second-order valence-corrected chi connectivity index (χ2v) is 23.2. The van der Waals surface area contributed by atoms with Crippen molar-refractivity contribution in [2.24, 2.45) is 56.7 Å². The van der Waals surface area contributed by atoms with E-state index in [1.165, 1.54) is 140 Å². The van der Waals surface area contributed by atoms with E-state index in [-0.39, 0.29) is 45.1 Å². The molecule has 0 saturated heterocycles. The number of fused-ring (bicyclic) bond motifs is 7. The molecule has 4 nitrogen and oxygen atoms in total. The van der Waals surface area contributed by atoms with Gasteiger partial charge in [0.2, 0.25) is 0 Å². The zero-order valence-corrected chi connectivity index (χ0v) is 39.8. The van der Waals surface area contributed by atoms with Crippen LogP contribution in [0.1, 0.15) is 248 Å². The van der Waals surface area contributed by atoms with E-state index in [0.717, 1.165) is 51.4 Å². The molecule has 0 aliphatic heterocycles. The molecule has 0 amide bonds. The maximum atomic E-state index is 13.3. The number of ether oxygens (including phenoxy) is 1. The molecule has 5 aliphatic rings. The molecule has 5 fully saturated rings. The number of hydrogen-bond donors (Lipinski definition) is 2. The SMILES string of the molecule is C=C(C)[C@@H]1CC[C@]2(C)C[C@H](O)[C@]3(C)[C@H](CC[C@@H]4[C@@]5(C)CC[C@H](OC(=O)CCCCCCCCCCCCCCCCCCCCCCC)C(C)(C)[C@@H]5C[C@H](O)[C@]43C)[C@@H]12. The smallest absolute Gasteiger partial charge is 0.306 e. The molecule has 58 heavy (non-hydrogen) atoms. The maximum absolute atomic E-state index is 13.3. The quantitative estimate of drug-likeness (QED) is 0.0579. The Balaban J connectivity index is 0.987. The number of esters is 1. The molecule has 5 saturated carbocycles. The van der Waals surface area contributed by atoms with Crippen molar-refractivity contribution in [2.75, 3.05) is 0 Å². The van der Waals surface area contributed by atoms with Gasteiger partial charge in [0, 0.05) is 22.7 Å². The summed E-state index contributed by atoms with van der Waals surface area (Å²) < 4.78 is 6.39. The van der Waals surface area contributed by atoms with Gasteiger partial charge in [-0.05, 0) is 105 Å². The van der Waals surface area contributed by atoms with Gasteiger partial charge in [-0.3, -0.25) is 4.79 Å². The van der Waals surface area contributed by atoms with Crippen LogP contribution in [0.25, 0.3) is 0 Å². The fourth-order valence-corrected chi connectivity index (χ4v) is 15.7. The average Bonchev–Trinajstić information content (AvgIpc) is 3.52. The summed E-state index contributed by atoms with van der Waals surface area (Å²) in [5.74, 6) is 2.02. The molecule has 0 unspecified atom stereocenters. The maximum Gasteiger partial charge on any atom is 0.306 e.